The molecule has 3 heterocycles. The molecule has 1 N–H and O–H groups in total. The van der Waals surface area contributed by atoms with Crippen molar-refractivity contribution < 1.29 is 13.9 Å². The fourth-order valence-corrected chi connectivity index (χ4v) is 4.56. The maximum Gasteiger partial charge on any atom is 0.287 e. The van der Waals surface area contributed by atoms with Crippen molar-refractivity contribution in [2.24, 2.45) is 5.92 Å². The molecule has 0 fully saturated rings. The number of hydrogen-bond donors (Lipinski definition) is 1. The Bertz CT molecular complexity index is 1110. The summed E-state index contributed by atoms with van der Waals surface area (Å²) >= 11 is 6.16. The van der Waals surface area contributed by atoms with Gasteiger partial charge in [0, 0.05) is 44.7 Å². The summed E-state index contributed by atoms with van der Waals surface area (Å²) in [6, 6.07) is 11.2. The van der Waals surface area contributed by atoms with Gasteiger partial charge in [0.15, 0.2) is 11.6 Å². The molecule has 0 spiro atoms. The third kappa shape index (κ3) is 6.05. The highest BCUT2D eigenvalue weighted by atomic mass is 35.5. The van der Waals surface area contributed by atoms with Crippen molar-refractivity contribution in [3.8, 4) is 0 Å². The van der Waals surface area contributed by atoms with E-state index in [1.807, 2.05) is 18.2 Å². The van der Waals surface area contributed by atoms with E-state index in [1.165, 1.54) is 5.56 Å². The van der Waals surface area contributed by atoms with Gasteiger partial charge >= 0.3 is 0 Å². The first-order valence-electron chi connectivity index (χ1n) is 11.7. The lowest BCUT2D eigenvalue weighted by atomic mass is 10.0. The molecule has 0 unspecified atom stereocenters. The van der Waals surface area contributed by atoms with Crippen molar-refractivity contribution in [1.29, 1.82) is 0 Å². The van der Waals surface area contributed by atoms with Crippen LogP contribution in [-0.2, 0) is 30.9 Å². The van der Waals surface area contributed by atoms with E-state index >= 15 is 0 Å². The molecular weight excluding hydrogens is 454 g/mol. The maximum atomic E-state index is 12.9. The van der Waals surface area contributed by atoms with Crippen LogP contribution in [0, 0.1) is 5.92 Å². The van der Waals surface area contributed by atoms with Crippen LogP contribution < -0.4 is 5.32 Å². The van der Waals surface area contributed by atoms with Gasteiger partial charge in [0.1, 0.15) is 18.2 Å². The molecule has 1 aromatic carbocycles. The van der Waals surface area contributed by atoms with E-state index in [9.17, 15) is 4.79 Å². The summed E-state index contributed by atoms with van der Waals surface area (Å²) in [6.45, 7) is 7.95. The quantitative estimate of drug-likeness (QED) is 0.487. The van der Waals surface area contributed by atoms with Crippen LogP contribution in [0.4, 0.5) is 0 Å². The zero-order valence-corrected chi connectivity index (χ0v) is 20.7. The number of methoxy groups -OCH3 is 1. The third-order valence-electron chi connectivity index (χ3n) is 5.94. The van der Waals surface area contributed by atoms with Gasteiger partial charge in [0.2, 0.25) is 0 Å². The fourth-order valence-electron chi connectivity index (χ4n) is 4.35. The molecule has 0 radical (unpaired) electrons. The average molecular weight is 486 g/mol. The largest absolute Gasteiger partial charge is 0.453 e. The van der Waals surface area contributed by atoms with E-state index in [2.05, 4.69) is 44.9 Å². The monoisotopic (exact) mass is 485 g/mol. The van der Waals surface area contributed by atoms with Crippen LogP contribution in [0.15, 0.2) is 40.8 Å². The molecular formula is C25H32ClN5O3. The standard InChI is InChI=1S/C25H32ClN5O3/c1-17(2)13-21(27-25(32)22-8-7-20(34-22)16-33-3)24-29-28-23-9-10-30(11-12-31(23)24)15-18-5-4-6-19(26)14-18/h4-8,14,17,21H,9-13,15-16H2,1-3H3,(H,27,32)/t21-/m1/s1. The van der Waals surface area contributed by atoms with Gasteiger partial charge in [-0.3, -0.25) is 9.69 Å². The second-order valence-electron chi connectivity index (χ2n) is 9.14. The number of ether oxygens (including phenoxy) is 1. The average Bonchev–Trinajstić information content (AvgIpc) is 3.38. The normalized spacial score (nSPS) is 15.2. The van der Waals surface area contributed by atoms with Crippen molar-refractivity contribution in [3.05, 3.63) is 70.2 Å². The van der Waals surface area contributed by atoms with E-state index in [-0.39, 0.29) is 17.7 Å². The van der Waals surface area contributed by atoms with Gasteiger partial charge in [-0.05, 0) is 42.2 Å². The Hall–Kier alpha value is -2.68. The predicted molar refractivity (Wildman–Crippen MR) is 130 cm³/mol. The molecule has 0 bridgehead atoms. The van der Waals surface area contributed by atoms with Crippen LogP contribution in [-0.4, -0.2) is 45.8 Å². The molecule has 1 aliphatic heterocycles. The molecule has 4 rings (SSSR count). The Morgan fingerprint density at radius 2 is 2.06 bits per heavy atom. The zero-order valence-electron chi connectivity index (χ0n) is 20.0. The zero-order chi connectivity index (χ0) is 24.1. The Kier molecular flexibility index (Phi) is 8.03. The first-order valence-corrected chi connectivity index (χ1v) is 12.1. The lowest BCUT2D eigenvalue weighted by molar-refractivity contribution is 0.0892. The number of benzene rings is 1. The van der Waals surface area contributed by atoms with Gasteiger partial charge in [0.05, 0.1) is 6.04 Å². The Morgan fingerprint density at radius 3 is 2.82 bits per heavy atom. The van der Waals surface area contributed by atoms with Crippen molar-refractivity contribution in [3.63, 3.8) is 0 Å². The fraction of sp³-hybridized carbons (Fsp3) is 0.480. The smallest absolute Gasteiger partial charge is 0.287 e. The summed E-state index contributed by atoms with van der Waals surface area (Å²) in [4.78, 5) is 15.3. The highest BCUT2D eigenvalue weighted by Crippen LogP contribution is 2.24. The third-order valence-corrected chi connectivity index (χ3v) is 6.17. The topological polar surface area (TPSA) is 85.4 Å². The van der Waals surface area contributed by atoms with Crippen LogP contribution in [0.2, 0.25) is 5.02 Å². The number of furan rings is 1. The summed E-state index contributed by atoms with van der Waals surface area (Å²) < 4.78 is 12.9. The molecule has 1 atom stereocenters. The number of aromatic nitrogens is 3. The van der Waals surface area contributed by atoms with E-state index in [1.54, 1.807) is 19.2 Å². The molecule has 34 heavy (non-hydrogen) atoms. The minimum Gasteiger partial charge on any atom is -0.453 e. The summed E-state index contributed by atoms with van der Waals surface area (Å²) in [6.07, 6.45) is 1.55. The predicted octanol–water partition coefficient (Wildman–Crippen LogP) is 4.25. The van der Waals surface area contributed by atoms with Crippen molar-refractivity contribution >= 4 is 17.5 Å². The highest BCUT2D eigenvalue weighted by Gasteiger charge is 2.27. The summed E-state index contributed by atoms with van der Waals surface area (Å²) in [7, 11) is 1.59. The van der Waals surface area contributed by atoms with E-state index in [0.717, 1.165) is 55.7 Å². The van der Waals surface area contributed by atoms with Crippen LogP contribution >= 0.6 is 11.6 Å². The summed E-state index contributed by atoms with van der Waals surface area (Å²) in [5.74, 6) is 2.73. The van der Waals surface area contributed by atoms with Crippen LogP contribution in [0.5, 0.6) is 0 Å². The number of hydrogen-bond acceptors (Lipinski definition) is 6. The van der Waals surface area contributed by atoms with Crippen molar-refractivity contribution in [2.75, 3.05) is 20.2 Å². The van der Waals surface area contributed by atoms with Gasteiger partial charge in [-0.1, -0.05) is 37.6 Å². The van der Waals surface area contributed by atoms with Gasteiger partial charge < -0.3 is 19.0 Å². The summed E-state index contributed by atoms with van der Waals surface area (Å²) in [5, 5.41) is 12.9. The van der Waals surface area contributed by atoms with E-state index < -0.39 is 0 Å². The van der Waals surface area contributed by atoms with E-state index in [4.69, 9.17) is 20.8 Å². The molecule has 0 saturated heterocycles. The lowest BCUT2D eigenvalue weighted by Gasteiger charge is -2.22. The molecule has 8 nitrogen and oxygen atoms in total. The maximum absolute atomic E-state index is 12.9. The number of halogens is 1. The second-order valence-corrected chi connectivity index (χ2v) is 9.57. The van der Waals surface area contributed by atoms with Crippen LogP contribution in [0.25, 0.3) is 0 Å². The highest BCUT2D eigenvalue weighted by molar-refractivity contribution is 6.30. The first-order chi connectivity index (χ1) is 16.4. The van der Waals surface area contributed by atoms with Crippen LogP contribution in [0.3, 0.4) is 0 Å². The SMILES string of the molecule is COCc1ccc(C(=O)N[C@H](CC(C)C)c2nnc3n2CCN(Cc2cccc(Cl)c2)CC3)o1. The second kappa shape index (κ2) is 11.2. The molecule has 2 aromatic heterocycles. The van der Waals surface area contributed by atoms with Crippen LogP contribution in [0.1, 0.15) is 59.8 Å². The molecule has 1 aliphatic rings. The molecule has 182 valence electrons. The van der Waals surface area contributed by atoms with Gasteiger partial charge in [0.25, 0.3) is 5.91 Å². The Balaban J connectivity index is 1.48. The molecule has 1 amide bonds. The number of carbonyl (C=O) groups is 1. The molecule has 0 saturated carbocycles. The Morgan fingerprint density at radius 1 is 1.21 bits per heavy atom. The minimum absolute atomic E-state index is 0.260. The van der Waals surface area contributed by atoms with Crippen molar-refractivity contribution in [1.82, 2.24) is 25.0 Å². The first kappa shape index (κ1) is 24.4. The lowest BCUT2D eigenvalue weighted by Crippen LogP contribution is -2.32. The molecule has 3 aromatic rings. The number of amides is 1. The minimum atomic E-state index is -0.262. The number of rotatable bonds is 9. The van der Waals surface area contributed by atoms with Gasteiger partial charge in [-0.15, -0.1) is 10.2 Å². The van der Waals surface area contributed by atoms with Gasteiger partial charge in [-0.2, -0.15) is 0 Å². The molecule has 9 heteroatoms. The van der Waals surface area contributed by atoms with E-state index in [0.29, 0.717) is 18.3 Å². The number of nitrogens with zero attached hydrogens (tertiary/aromatic N) is 4. The number of nitrogens with one attached hydrogen (secondary N) is 1. The number of carbonyl (C=O) groups excluding carboxylic acids is 1. The Labute approximate surface area is 205 Å². The molecule has 0 aliphatic carbocycles. The summed E-state index contributed by atoms with van der Waals surface area (Å²) in [5.41, 5.74) is 1.20. The number of fused-ring (bicyclic) bond motifs is 1. The van der Waals surface area contributed by atoms with Crippen molar-refractivity contribution in [2.45, 2.75) is 52.4 Å². The van der Waals surface area contributed by atoms with Gasteiger partial charge in [-0.25, -0.2) is 0 Å².